The van der Waals surface area contributed by atoms with Gasteiger partial charge in [-0.3, -0.25) is 9.10 Å². The molecule has 34 heavy (non-hydrogen) atoms. The van der Waals surface area contributed by atoms with Crippen molar-refractivity contribution in [1.82, 2.24) is 0 Å². The Kier molecular flexibility index (Phi) is 7.62. The maximum absolute atomic E-state index is 13.4. The van der Waals surface area contributed by atoms with Gasteiger partial charge in [0.15, 0.2) is 0 Å². The van der Waals surface area contributed by atoms with E-state index in [-0.39, 0.29) is 17.2 Å². The molecule has 3 aromatic rings. The van der Waals surface area contributed by atoms with Crippen LogP contribution in [0.15, 0.2) is 71.6 Å². The van der Waals surface area contributed by atoms with Crippen molar-refractivity contribution >= 4 is 33.3 Å². The van der Waals surface area contributed by atoms with Gasteiger partial charge >= 0.3 is 5.97 Å². The third kappa shape index (κ3) is 5.76. The quantitative estimate of drug-likeness (QED) is 0.478. The predicted octanol–water partition coefficient (Wildman–Crippen LogP) is 4.28. The van der Waals surface area contributed by atoms with Crippen molar-refractivity contribution < 1.29 is 31.5 Å². The second-order valence-electron chi connectivity index (χ2n) is 7.24. The minimum absolute atomic E-state index is 0.0512. The number of benzene rings is 3. The summed E-state index contributed by atoms with van der Waals surface area (Å²) in [6, 6.07) is 13.3. The number of aryl methyl sites for hydroxylation is 1. The summed E-state index contributed by atoms with van der Waals surface area (Å²) in [5, 5.41) is 2.62. The smallest absolute Gasteiger partial charge is 0.338 e. The molecule has 1 N–H and O–H groups in total. The van der Waals surface area contributed by atoms with Gasteiger partial charge in [0.1, 0.15) is 18.2 Å². The molecule has 3 rings (SSSR count). The van der Waals surface area contributed by atoms with Crippen LogP contribution in [0.5, 0.6) is 0 Å². The largest absolute Gasteiger partial charge is 0.462 e. The summed E-state index contributed by atoms with van der Waals surface area (Å²) in [6.45, 7) is 2.94. The fraction of sp³-hybridized carbons (Fsp3) is 0.167. The van der Waals surface area contributed by atoms with Crippen LogP contribution in [0.4, 0.5) is 20.2 Å². The molecule has 7 nitrogen and oxygen atoms in total. The van der Waals surface area contributed by atoms with E-state index in [4.69, 9.17) is 4.74 Å². The van der Waals surface area contributed by atoms with Gasteiger partial charge in [0.2, 0.25) is 5.91 Å². The number of nitrogens with zero attached hydrogens (tertiary/aromatic N) is 1. The molecule has 0 aliphatic rings. The van der Waals surface area contributed by atoms with Crippen LogP contribution in [0.1, 0.15) is 22.8 Å². The normalized spacial score (nSPS) is 11.1. The van der Waals surface area contributed by atoms with E-state index in [1.54, 1.807) is 19.9 Å². The second kappa shape index (κ2) is 10.4. The fourth-order valence-corrected chi connectivity index (χ4v) is 4.54. The number of hydrogen-bond donors (Lipinski definition) is 1. The fourth-order valence-electron chi connectivity index (χ4n) is 3.12. The lowest BCUT2D eigenvalue weighted by molar-refractivity contribution is -0.114. The Morgan fingerprint density at radius 1 is 0.941 bits per heavy atom. The lowest BCUT2D eigenvalue weighted by Gasteiger charge is -2.24. The Morgan fingerprint density at radius 2 is 1.53 bits per heavy atom. The number of amides is 1. The summed E-state index contributed by atoms with van der Waals surface area (Å²) in [5.74, 6) is -2.38. The molecule has 10 heteroatoms. The maximum Gasteiger partial charge on any atom is 0.338 e. The summed E-state index contributed by atoms with van der Waals surface area (Å²) in [7, 11) is -4.28. The van der Waals surface area contributed by atoms with Crippen molar-refractivity contribution in [3.8, 4) is 0 Å². The zero-order valence-electron chi connectivity index (χ0n) is 18.4. The summed E-state index contributed by atoms with van der Waals surface area (Å²) in [4.78, 5) is 24.5. The van der Waals surface area contributed by atoms with Crippen molar-refractivity contribution in [3.63, 3.8) is 0 Å². The van der Waals surface area contributed by atoms with Crippen LogP contribution in [0.3, 0.4) is 0 Å². The lowest BCUT2D eigenvalue weighted by Crippen LogP contribution is -2.38. The highest BCUT2D eigenvalue weighted by atomic mass is 32.2. The first-order valence-electron chi connectivity index (χ1n) is 10.2. The average Bonchev–Trinajstić information content (AvgIpc) is 2.80. The van der Waals surface area contributed by atoms with Crippen molar-refractivity contribution in [3.05, 3.63) is 89.5 Å². The summed E-state index contributed by atoms with van der Waals surface area (Å²) < 4.78 is 59.0. The molecule has 1 amide bonds. The van der Waals surface area contributed by atoms with Crippen LogP contribution in [0.25, 0.3) is 0 Å². The number of hydrogen-bond acceptors (Lipinski definition) is 5. The van der Waals surface area contributed by atoms with Crippen LogP contribution < -0.4 is 9.62 Å². The number of carbonyl (C=O) groups is 2. The molecular weight excluding hydrogens is 466 g/mol. The predicted molar refractivity (Wildman–Crippen MR) is 123 cm³/mol. The van der Waals surface area contributed by atoms with Gasteiger partial charge in [-0.25, -0.2) is 22.0 Å². The van der Waals surface area contributed by atoms with Crippen molar-refractivity contribution in [1.29, 1.82) is 0 Å². The molecule has 0 aliphatic carbocycles. The number of ether oxygens (including phenoxy) is 1. The number of esters is 1. The third-order valence-corrected chi connectivity index (χ3v) is 6.60. The molecule has 0 aromatic heterocycles. The van der Waals surface area contributed by atoms with Crippen LogP contribution in [-0.4, -0.2) is 33.4 Å². The number of anilines is 2. The molecule has 0 fully saturated rings. The van der Waals surface area contributed by atoms with Gasteiger partial charge in [0.25, 0.3) is 10.0 Å². The molecular formula is C24H22F2N2O5S. The van der Waals surface area contributed by atoms with E-state index in [0.29, 0.717) is 16.8 Å². The van der Waals surface area contributed by atoms with E-state index < -0.39 is 40.1 Å². The molecule has 0 saturated heterocycles. The van der Waals surface area contributed by atoms with E-state index >= 15 is 0 Å². The highest BCUT2D eigenvalue weighted by Crippen LogP contribution is 2.25. The van der Waals surface area contributed by atoms with Gasteiger partial charge in [-0.05, 0) is 86.1 Å². The lowest BCUT2D eigenvalue weighted by atomic mass is 10.1. The van der Waals surface area contributed by atoms with Gasteiger partial charge in [-0.2, -0.15) is 0 Å². The second-order valence-corrected chi connectivity index (χ2v) is 9.10. The van der Waals surface area contributed by atoms with Crippen LogP contribution in [-0.2, 0) is 19.6 Å². The topological polar surface area (TPSA) is 92.8 Å². The van der Waals surface area contributed by atoms with Gasteiger partial charge < -0.3 is 10.1 Å². The van der Waals surface area contributed by atoms with Gasteiger partial charge in [0, 0.05) is 5.69 Å². The summed E-state index contributed by atoms with van der Waals surface area (Å²) in [5.41, 5.74) is 1.30. The highest BCUT2D eigenvalue weighted by Gasteiger charge is 2.27. The molecule has 0 atom stereocenters. The first-order chi connectivity index (χ1) is 16.1. The minimum atomic E-state index is -4.28. The van der Waals surface area contributed by atoms with E-state index in [9.17, 15) is 26.8 Å². The monoisotopic (exact) mass is 488 g/mol. The summed E-state index contributed by atoms with van der Waals surface area (Å²) >= 11 is 0. The number of halogens is 2. The molecule has 0 aliphatic heterocycles. The molecule has 0 heterocycles. The Bertz CT molecular complexity index is 1290. The molecule has 178 valence electrons. The summed E-state index contributed by atoms with van der Waals surface area (Å²) in [6.07, 6.45) is 0. The van der Waals surface area contributed by atoms with Crippen molar-refractivity contribution in [2.45, 2.75) is 18.7 Å². The Balaban J connectivity index is 1.88. The SMILES string of the molecule is CCOC(=O)c1ccc(NC(=O)CN(c2ccc(F)cc2)S(=O)(=O)c2ccc(F)cc2)c(C)c1. The highest BCUT2D eigenvalue weighted by molar-refractivity contribution is 7.92. The molecule has 0 spiro atoms. The first kappa shape index (κ1) is 24.8. The minimum Gasteiger partial charge on any atom is -0.462 e. The van der Waals surface area contributed by atoms with Crippen molar-refractivity contribution in [2.24, 2.45) is 0 Å². The first-order valence-corrected chi connectivity index (χ1v) is 11.7. The molecule has 0 saturated carbocycles. The number of carbonyl (C=O) groups excluding carboxylic acids is 2. The molecule has 0 bridgehead atoms. The maximum atomic E-state index is 13.4. The Morgan fingerprint density at radius 3 is 2.09 bits per heavy atom. The Labute approximate surface area is 196 Å². The molecule has 0 unspecified atom stereocenters. The Hall–Kier alpha value is -3.79. The zero-order chi connectivity index (χ0) is 24.9. The van der Waals surface area contributed by atoms with Gasteiger partial charge in [0.05, 0.1) is 22.8 Å². The average molecular weight is 489 g/mol. The van der Waals surface area contributed by atoms with E-state index in [2.05, 4.69) is 5.32 Å². The van der Waals surface area contributed by atoms with E-state index in [1.807, 2.05) is 0 Å². The molecule has 3 aromatic carbocycles. The van der Waals surface area contributed by atoms with Crippen LogP contribution >= 0.6 is 0 Å². The third-order valence-electron chi connectivity index (χ3n) is 4.82. The van der Waals surface area contributed by atoms with Gasteiger partial charge in [-0.15, -0.1) is 0 Å². The van der Waals surface area contributed by atoms with E-state index in [0.717, 1.165) is 40.7 Å². The van der Waals surface area contributed by atoms with Crippen LogP contribution in [0, 0.1) is 18.6 Å². The number of nitrogens with one attached hydrogen (secondary N) is 1. The standard InChI is InChI=1S/C24H22F2N2O5S/c1-3-33-24(30)17-4-13-22(16(2)14-17)27-23(29)15-28(20-9-5-18(25)6-10-20)34(31,32)21-11-7-19(26)8-12-21/h4-14H,3,15H2,1-2H3,(H,27,29). The number of sulfonamides is 1. The van der Waals surface area contributed by atoms with E-state index in [1.165, 1.54) is 24.3 Å². The van der Waals surface area contributed by atoms with Gasteiger partial charge in [-0.1, -0.05) is 0 Å². The van der Waals surface area contributed by atoms with Crippen molar-refractivity contribution in [2.75, 3.05) is 22.8 Å². The zero-order valence-corrected chi connectivity index (χ0v) is 19.2. The number of rotatable bonds is 8. The van der Waals surface area contributed by atoms with Crippen LogP contribution in [0.2, 0.25) is 0 Å². The molecule has 0 radical (unpaired) electrons.